The number of aromatic hydroxyl groups is 1. The molecular formula is C16H10ClFN2O3. The maximum Gasteiger partial charge on any atom is 0.254 e. The largest absolute Gasteiger partial charge is 0.508 e. The molecule has 116 valence electrons. The number of rotatable bonds is 2. The Kier molecular flexibility index (Phi) is 3.75. The second kappa shape index (κ2) is 5.73. The Hall–Kier alpha value is -2.86. The van der Waals surface area contributed by atoms with Gasteiger partial charge in [0.15, 0.2) is 5.82 Å². The molecule has 23 heavy (non-hydrogen) atoms. The van der Waals surface area contributed by atoms with Crippen LogP contribution in [0.4, 0.5) is 10.1 Å². The Morgan fingerprint density at radius 2 is 2.04 bits per heavy atom. The zero-order chi connectivity index (χ0) is 16.6. The molecule has 0 saturated heterocycles. The standard InChI is InChI=1S/C16H10ClFN2O3/c17-11-2-1-3-12(14(11)18)20-16-10(15(19)22)6-8-4-5-9(21)7-13(8)23-16/h1-7,21H,(H2,19,22). The highest BCUT2D eigenvalue weighted by Crippen LogP contribution is 2.25. The number of fused-ring (bicyclic) bond motifs is 1. The zero-order valence-corrected chi connectivity index (χ0v) is 12.3. The number of carbonyl (C=O) groups is 1. The van der Waals surface area contributed by atoms with Gasteiger partial charge in [0.25, 0.3) is 5.91 Å². The lowest BCUT2D eigenvalue weighted by molar-refractivity contribution is 0.0996. The third-order valence-corrected chi connectivity index (χ3v) is 3.44. The minimum Gasteiger partial charge on any atom is -0.508 e. The quantitative estimate of drug-likeness (QED) is 0.754. The van der Waals surface area contributed by atoms with Crippen LogP contribution in [0.3, 0.4) is 0 Å². The topological polar surface area (TPSA) is 88.8 Å². The Labute approximate surface area is 134 Å². The van der Waals surface area contributed by atoms with Gasteiger partial charge >= 0.3 is 0 Å². The van der Waals surface area contributed by atoms with Crippen LogP contribution in [0, 0.1) is 5.82 Å². The van der Waals surface area contributed by atoms with E-state index in [1.807, 2.05) is 0 Å². The number of hydrogen-bond acceptors (Lipinski definition) is 4. The van der Waals surface area contributed by atoms with Gasteiger partial charge < -0.3 is 15.3 Å². The van der Waals surface area contributed by atoms with Gasteiger partial charge in [-0.05, 0) is 30.3 Å². The molecule has 2 aromatic carbocycles. The predicted molar refractivity (Wildman–Crippen MR) is 83.0 cm³/mol. The summed E-state index contributed by atoms with van der Waals surface area (Å²) in [5.74, 6) is -1.53. The summed E-state index contributed by atoms with van der Waals surface area (Å²) in [7, 11) is 0. The number of benzene rings is 2. The smallest absolute Gasteiger partial charge is 0.254 e. The van der Waals surface area contributed by atoms with Crippen molar-refractivity contribution in [2.75, 3.05) is 0 Å². The van der Waals surface area contributed by atoms with Crippen LogP contribution in [0.15, 0.2) is 51.9 Å². The molecule has 0 atom stereocenters. The average molecular weight is 333 g/mol. The average Bonchev–Trinajstić information content (AvgIpc) is 2.51. The number of nitrogens with two attached hydrogens (primary N) is 1. The molecule has 0 aliphatic heterocycles. The van der Waals surface area contributed by atoms with E-state index in [4.69, 9.17) is 21.8 Å². The van der Waals surface area contributed by atoms with E-state index in [-0.39, 0.29) is 33.2 Å². The van der Waals surface area contributed by atoms with Gasteiger partial charge in [-0.3, -0.25) is 4.79 Å². The van der Waals surface area contributed by atoms with Crippen LogP contribution in [0.5, 0.6) is 5.75 Å². The lowest BCUT2D eigenvalue weighted by Gasteiger charge is -2.03. The van der Waals surface area contributed by atoms with Gasteiger partial charge in [-0.1, -0.05) is 17.7 Å². The summed E-state index contributed by atoms with van der Waals surface area (Å²) < 4.78 is 19.5. The number of phenolic OH excluding ortho intramolecular Hbond substituents is 1. The van der Waals surface area contributed by atoms with Crippen molar-refractivity contribution in [3.05, 3.63) is 64.4 Å². The molecule has 3 aromatic rings. The normalized spacial score (nSPS) is 11.8. The van der Waals surface area contributed by atoms with Crippen molar-refractivity contribution in [2.24, 2.45) is 10.7 Å². The van der Waals surface area contributed by atoms with Crippen molar-refractivity contribution in [1.82, 2.24) is 0 Å². The third kappa shape index (κ3) is 2.89. The van der Waals surface area contributed by atoms with Crippen LogP contribution in [0.2, 0.25) is 5.02 Å². The van der Waals surface area contributed by atoms with Crippen molar-refractivity contribution in [3.63, 3.8) is 0 Å². The number of amides is 1. The van der Waals surface area contributed by atoms with E-state index in [0.29, 0.717) is 5.39 Å². The fourth-order valence-corrected chi connectivity index (χ4v) is 2.22. The van der Waals surface area contributed by atoms with E-state index >= 15 is 0 Å². The van der Waals surface area contributed by atoms with Gasteiger partial charge in [0.2, 0.25) is 5.55 Å². The first-order chi connectivity index (χ1) is 11.0. The number of hydrogen-bond donors (Lipinski definition) is 2. The van der Waals surface area contributed by atoms with Crippen LogP contribution in [-0.4, -0.2) is 11.0 Å². The Bertz CT molecular complexity index is 998. The molecule has 1 aromatic heterocycles. The lowest BCUT2D eigenvalue weighted by atomic mass is 10.1. The van der Waals surface area contributed by atoms with Crippen molar-refractivity contribution in [2.45, 2.75) is 0 Å². The first-order valence-corrected chi connectivity index (χ1v) is 6.89. The van der Waals surface area contributed by atoms with Crippen LogP contribution < -0.4 is 11.3 Å². The molecule has 0 aliphatic rings. The fourth-order valence-electron chi connectivity index (χ4n) is 2.05. The highest BCUT2D eigenvalue weighted by Gasteiger charge is 2.11. The van der Waals surface area contributed by atoms with Gasteiger partial charge in [-0.15, -0.1) is 0 Å². The van der Waals surface area contributed by atoms with Crippen LogP contribution in [-0.2, 0) is 0 Å². The number of halogens is 2. The number of phenols is 1. The molecule has 1 amide bonds. The highest BCUT2D eigenvalue weighted by molar-refractivity contribution is 6.31. The zero-order valence-electron chi connectivity index (χ0n) is 11.6. The molecule has 1 heterocycles. The Morgan fingerprint density at radius 1 is 1.26 bits per heavy atom. The molecule has 7 heteroatoms. The van der Waals surface area contributed by atoms with Crippen LogP contribution >= 0.6 is 11.6 Å². The highest BCUT2D eigenvalue weighted by atomic mass is 35.5. The summed E-state index contributed by atoms with van der Waals surface area (Å²) in [5, 5.41) is 9.95. The van der Waals surface area contributed by atoms with E-state index in [0.717, 1.165) is 0 Å². The van der Waals surface area contributed by atoms with E-state index in [1.165, 1.54) is 36.4 Å². The van der Waals surface area contributed by atoms with Gasteiger partial charge in [0.1, 0.15) is 22.6 Å². The first kappa shape index (κ1) is 15.1. The van der Waals surface area contributed by atoms with Crippen molar-refractivity contribution in [3.8, 4) is 5.75 Å². The molecule has 0 bridgehead atoms. The molecule has 0 saturated carbocycles. The van der Waals surface area contributed by atoms with Gasteiger partial charge in [0.05, 0.1) is 5.02 Å². The van der Waals surface area contributed by atoms with Gasteiger partial charge in [-0.2, -0.15) is 0 Å². The molecule has 0 spiro atoms. The van der Waals surface area contributed by atoms with E-state index < -0.39 is 11.7 Å². The molecule has 3 N–H and O–H groups in total. The summed E-state index contributed by atoms with van der Waals surface area (Å²) in [5.41, 5.74) is 5.33. The van der Waals surface area contributed by atoms with E-state index in [9.17, 15) is 14.3 Å². The molecule has 0 aliphatic carbocycles. The van der Waals surface area contributed by atoms with Crippen molar-refractivity contribution in [1.29, 1.82) is 0 Å². The predicted octanol–water partition coefficient (Wildman–Crippen LogP) is 3.26. The van der Waals surface area contributed by atoms with Gasteiger partial charge in [-0.25, -0.2) is 9.38 Å². The van der Waals surface area contributed by atoms with E-state index in [1.54, 1.807) is 6.07 Å². The first-order valence-electron chi connectivity index (χ1n) is 6.51. The lowest BCUT2D eigenvalue weighted by Crippen LogP contribution is -2.21. The summed E-state index contributed by atoms with van der Waals surface area (Å²) >= 11 is 5.71. The SMILES string of the molecule is NC(=O)c1cc2ccc(O)cc2oc1=Nc1cccc(Cl)c1F. The maximum absolute atomic E-state index is 14.0. The molecular weight excluding hydrogens is 323 g/mol. The molecule has 0 radical (unpaired) electrons. The second-order valence-electron chi connectivity index (χ2n) is 4.74. The number of carbonyl (C=O) groups excluding carboxylic acids is 1. The molecule has 0 fully saturated rings. The van der Waals surface area contributed by atoms with Crippen LogP contribution in [0.25, 0.3) is 11.0 Å². The summed E-state index contributed by atoms with van der Waals surface area (Å²) in [6.45, 7) is 0. The van der Waals surface area contributed by atoms with Crippen molar-refractivity contribution < 1.29 is 18.7 Å². The number of nitrogens with zero attached hydrogens (tertiary/aromatic N) is 1. The molecule has 0 unspecified atom stereocenters. The Morgan fingerprint density at radius 3 is 2.78 bits per heavy atom. The summed E-state index contributed by atoms with van der Waals surface area (Å²) in [4.78, 5) is 15.6. The summed E-state index contributed by atoms with van der Waals surface area (Å²) in [6.07, 6.45) is 0. The van der Waals surface area contributed by atoms with Crippen molar-refractivity contribution >= 4 is 34.2 Å². The molecule has 3 rings (SSSR count). The summed E-state index contributed by atoms with van der Waals surface area (Å²) in [6, 6.07) is 10.1. The minimum atomic E-state index is -0.773. The molecule has 5 nitrogen and oxygen atoms in total. The monoisotopic (exact) mass is 332 g/mol. The Balaban J connectivity index is 2.34. The third-order valence-electron chi connectivity index (χ3n) is 3.15. The minimum absolute atomic E-state index is 0.0115. The fraction of sp³-hybridized carbons (Fsp3) is 0. The second-order valence-corrected chi connectivity index (χ2v) is 5.14. The van der Waals surface area contributed by atoms with E-state index in [2.05, 4.69) is 4.99 Å². The number of primary amides is 1. The van der Waals surface area contributed by atoms with Crippen LogP contribution in [0.1, 0.15) is 10.4 Å². The van der Waals surface area contributed by atoms with Gasteiger partial charge in [0, 0.05) is 11.5 Å². The maximum atomic E-state index is 14.0.